The van der Waals surface area contributed by atoms with Gasteiger partial charge < -0.3 is 16.0 Å². The van der Waals surface area contributed by atoms with E-state index in [1.807, 2.05) is 12.1 Å². The number of carbonyl (C=O) groups is 1. The lowest BCUT2D eigenvalue weighted by molar-refractivity contribution is -0.122. The number of pyridine rings is 1. The van der Waals surface area contributed by atoms with E-state index in [1.54, 1.807) is 6.20 Å². The van der Waals surface area contributed by atoms with Crippen LogP contribution in [0, 0.1) is 5.92 Å². The van der Waals surface area contributed by atoms with E-state index >= 15 is 0 Å². The molecule has 0 spiro atoms. The van der Waals surface area contributed by atoms with Crippen molar-refractivity contribution in [3.63, 3.8) is 0 Å². The number of nitrogens with one attached hydrogen (secondary N) is 1. The average molecular weight is 289 g/mol. The summed E-state index contributed by atoms with van der Waals surface area (Å²) >= 11 is 0. The molecule has 2 heterocycles. The Balaban J connectivity index is 1.41. The number of nitrogens with zero attached hydrogens (tertiary/aromatic N) is 3. The maximum Gasteiger partial charge on any atom is 0.234 e. The van der Waals surface area contributed by atoms with Gasteiger partial charge in [-0.05, 0) is 30.9 Å². The summed E-state index contributed by atoms with van der Waals surface area (Å²) in [7, 11) is 0. The maximum absolute atomic E-state index is 11.8. The van der Waals surface area contributed by atoms with E-state index < -0.39 is 0 Å². The molecule has 0 atom stereocenters. The molecule has 0 bridgehead atoms. The summed E-state index contributed by atoms with van der Waals surface area (Å²) < 4.78 is 0. The number of hydrogen-bond donors (Lipinski definition) is 2. The van der Waals surface area contributed by atoms with Gasteiger partial charge in [-0.25, -0.2) is 4.98 Å². The molecule has 1 aliphatic heterocycles. The van der Waals surface area contributed by atoms with Crippen LogP contribution in [0.3, 0.4) is 0 Å². The van der Waals surface area contributed by atoms with Gasteiger partial charge in [0.2, 0.25) is 5.91 Å². The normalized spacial score (nSPS) is 19.5. The Hall–Kier alpha value is -1.82. The highest BCUT2D eigenvalue weighted by Crippen LogP contribution is 2.27. The standard InChI is InChI=1S/C15H23N5O/c16-13-3-4-14(17-10-13)20-7-5-19(6-8-20)11-15(21)18-9-12-1-2-12/h3-4,10,12H,1-2,5-9,11,16H2,(H,18,21). The Morgan fingerprint density at radius 2 is 2.05 bits per heavy atom. The number of carbonyl (C=O) groups excluding carboxylic acids is 1. The zero-order chi connectivity index (χ0) is 14.7. The summed E-state index contributed by atoms with van der Waals surface area (Å²) in [5, 5.41) is 3.02. The van der Waals surface area contributed by atoms with Crippen LogP contribution in [0.15, 0.2) is 18.3 Å². The molecule has 0 radical (unpaired) electrons. The highest BCUT2D eigenvalue weighted by molar-refractivity contribution is 5.78. The van der Waals surface area contributed by atoms with Gasteiger partial charge in [0, 0.05) is 32.7 Å². The van der Waals surface area contributed by atoms with Gasteiger partial charge in [0.15, 0.2) is 0 Å². The predicted octanol–water partition coefficient (Wildman–Crippen LogP) is 0.312. The smallest absolute Gasteiger partial charge is 0.234 e. The van der Waals surface area contributed by atoms with Crippen LogP contribution in [-0.2, 0) is 4.79 Å². The number of amides is 1. The molecule has 3 N–H and O–H groups in total. The lowest BCUT2D eigenvalue weighted by Gasteiger charge is -2.35. The van der Waals surface area contributed by atoms with Crippen molar-refractivity contribution in [2.45, 2.75) is 12.8 Å². The first-order valence-corrected chi connectivity index (χ1v) is 7.66. The SMILES string of the molecule is Nc1ccc(N2CCN(CC(=O)NCC3CC3)CC2)nc1. The van der Waals surface area contributed by atoms with Crippen molar-refractivity contribution in [3.8, 4) is 0 Å². The molecule has 1 aromatic rings. The van der Waals surface area contributed by atoms with Crippen molar-refractivity contribution in [3.05, 3.63) is 18.3 Å². The molecule has 2 fully saturated rings. The molecule has 1 saturated carbocycles. The predicted molar refractivity (Wildman–Crippen MR) is 83.0 cm³/mol. The lowest BCUT2D eigenvalue weighted by Crippen LogP contribution is -2.49. The van der Waals surface area contributed by atoms with Crippen molar-refractivity contribution in [2.24, 2.45) is 5.92 Å². The molecule has 114 valence electrons. The molecule has 1 saturated heterocycles. The summed E-state index contributed by atoms with van der Waals surface area (Å²) in [5.41, 5.74) is 6.34. The quantitative estimate of drug-likeness (QED) is 0.816. The van der Waals surface area contributed by atoms with Crippen LogP contribution in [0.5, 0.6) is 0 Å². The van der Waals surface area contributed by atoms with E-state index in [1.165, 1.54) is 12.8 Å². The third-order valence-electron chi connectivity index (χ3n) is 4.12. The average Bonchev–Trinajstić information content (AvgIpc) is 3.31. The van der Waals surface area contributed by atoms with Crippen molar-refractivity contribution in [2.75, 3.05) is 49.9 Å². The monoisotopic (exact) mass is 289 g/mol. The van der Waals surface area contributed by atoms with Crippen LogP contribution in [0.1, 0.15) is 12.8 Å². The Morgan fingerprint density at radius 3 is 2.67 bits per heavy atom. The minimum atomic E-state index is 0.154. The Labute approximate surface area is 125 Å². The van der Waals surface area contributed by atoms with Crippen LogP contribution in [0.25, 0.3) is 0 Å². The fourth-order valence-electron chi connectivity index (χ4n) is 2.56. The second-order valence-corrected chi connectivity index (χ2v) is 5.96. The molecular weight excluding hydrogens is 266 g/mol. The number of piperazine rings is 1. The second kappa shape index (κ2) is 6.30. The number of anilines is 2. The molecular formula is C15H23N5O. The number of rotatable bonds is 5. The van der Waals surface area contributed by atoms with Crippen molar-refractivity contribution in [1.82, 2.24) is 15.2 Å². The van der Waals surface area contributed by atoms with E-state index in [0.717, 1.165) is 44.5 Å². The molecule has 0 aromatic carbocycles. The Bertz CT molecular complexity index is 477. The van der Waals surface area contributed by atoms with Gasteiger partial charge in [0.05, 0.1) is 18.4 Å². The molecule has 3 rings (SSSR count). The van der Waals surface area contributed by atoms with Gasteiger partial charge in [-0.3, -0.25) is 9.69 Å². The number of aromatic nitrogens is 1. The number of nitrogen functional groups attached to an aromatic ring is 1. The molecule has 6 nitrogen and oxygen atoms in total. The molecule has 1 aliphatic carbocycles. The zero-order valence-corrected chi connectivity index (χ0v) is 12.3. The van der Waals surface area contributed by atoms with Gasteiger partial charge in [-0.15, -0.1) is 0 Å². The molecule has 2 aliphatic rings. The highest BCUT2D eigenvalue weighted by atomic mass is 16.2. The van der Waals surface area contributed by atoms with Crippen LogP contribution in [-0.4, -0.2) is 55.1 Å². The zero-order valence-electron chi connectivity index (χ0n) is 12.3. The number of nitrogens with two attached hydrogens (primary N) is 1. The van der Waals surface area contributed by atoms with Gasteiger partial charge in [-0.1, -0.05) is 0 Å². The van der Waals surface area contributed by atoms with Gasteiger partial charge in [0.1, 0.15) is 5.82 Å². The van der Waals surface area contributed by atoms with Gasteiger partial charge in [-0.2, -0.15) is 0 Å². The first-order chi connectivity index (χ1) is 10.2. The van der Waals surface area contributed by atoms with E-state index in [2.05, 4.69) is 20.1 Å². The highest BCUT2D eigenvalue weighted by Gasteiger charge is 2.23. The van der Waals surface area contributed by atoms with Crippen molar-refractivity contribution >= 4 is 17.4 Å². The summed E-state index contributed by atoms with van der Waals surface area (Å²) in [6.45, 7) is 4.94. The molecule has 6 heteroatoms. The fraction of sp³-hybridized carbons (Fsp3) is 0.600. The first-order valence-electron chi connectivity index (χ1n) is 7.66. The summed E-state index contributed by atoms with van der Waals surface area (Å²) in [6, 6.07) is 3.83. The van der Waals surface area contributed by atoms with E-state index in [0.29, 0.717) is 12.2 Å². The van der Waals surface area contributed by atoms with E-state index in [9.17, 15) is 4.79 Å². The molecule has 0 unspecified atom stereocenters. The Kier molecular flexibility index (Phi) is 4.24. The summed E-state index contributed by atoms with van der Waals surface area (Å²) in [6.07, 6.45) is 4.23. The first kappa shape index (κ1) is 14.1. The topological polar surface area (TPSA) is 74.5 Å². The lowest BCUT2D eigenvalue weighted by atomic mass is 10.3. The van der Waals surface area contributed by atoms with Crippen molar-refractivity contribution < 1.29 is 4.79 Å². The van der Waals surface area contributed by atoms with Crippen LogP contribution < -0.4 is 16.0 Å². The van der Waals surface area contributed by atoms with Gasteiger partial charge in [0.25, 0.3) is 0 Å². The van der Waals surface area contributed by atoms with Crippen molar-refractivity contribution in [1.29, 1.82) is 0 Å². The summed E-state index contributed by atoms with van der Waals surface area (Å²) in [5.74, 6) is 1.85. The largest absolute Gasteiger partial charge is 0.397 e. The minimum Gasteiger partial charge on any atom is -0.397 e. The fourth-order valence-corrected chi connectivity index (χ4v) is 2.56. The van der Waals surface area contributed by atoms with Gasteiger partial charge >= 0.3 is 0 Å². The molecule has 1 aromatic heterocycles. The van der Waals surface area contributed by atoms with E-state index in [4.69, 9.17) is 5.73 Å². The number of hydrogen-bond acceptors (Lipinski definition) is 5. The maximum atomic E-state index is 11.8. The van der Waals surface area contributed by atoms with Crippen LogP contribution >= 0.6 is 0 Å². The third-order valence-corrected chi connectivity index (χ3v) is 4.12. The summed E-state index contributed by atoms with van der Waals surface area (Å²) in [4.78, 5) is 20.6. The van der Waals surface area contributed by atoms with Crippen LogP contribution in [0.2, 0.25) is 0 Å². The van der Waals surface area contributed by atoms with E-state index in [-0.39, 0.29) is 5.91 Å². The second-order valence-electron chi connectivity index (χ2n) is 5.96. The Morgan fingerprint density at radius 1 is 1.29 bits per heavy atom. The molecule has 1 amide bonds. The minimum absolute atomic E-state index is 0.154. The third kappa shape index (κ3) is 4.07. The van der Waals surface area contributed by atoms with Crippen LogP contribution in [0.4, 0.5) is 11.5 Å². The molecule has 21 heavy (non-hydrogen) atoms.